The van der Waals surface area contributed by atoms with Crippen LogP contribution in [-0.4, -0.2) is 39.0 Å². The zero-order chi connectivity index (χ0) is 29.9. The van der Waals surface area contributed by atoms with Crippen molar-refractivity contribution in [1.29, 1.82) is 0 Å². The minimum atomic E-state index is -1.12. The maximum atomic E-state index is 15.2. The van der Waals surface area contributed by atoms with Gasteiger partial charge in [0.05, 0.1) is 28.7 Å². The molecular weight excluding hydrogens is 575 g/mol. The van der Waals surface area contributed by atoms with Crippen LogP contribution in [0.5, 0.6) is 17.2 Å². The molecule has 1 saturated carbocycles. The normalized spacial score (nSPS) is 21.6. The van der Waals surface area contributed by atoms with Gasteiger partial charge in [0.25, 0.3) is 0 Å². The van der Waals surface area contributed by atoms with E-state index in [4.69, 9.17) is 9.47 Å². The standard InChI is InChI=1S/C33H30F3N3O3S/c1-33(12-14-41-29-19(6-3-7-22(29)33)18-5-4-8-24(18)40)25-16-38-32(39-25)21-15-17(9-10-23(21)34)42-30-27(36)26(35)28-20(11-13-37-28)31(30)43-2/h3,6-7,9-11,13,15-16,18,24,37,40H,4-5,8,12,14H2,1-2H3,(H,38,39). The van der Waals surface area contributed by atoms with Crippen LogP contribution in [0.4, 0.5) is 13.2 Å². The Labute approximate surface area is 250 Å². The smallest absolute Gasteiger partial charge is 0.204 e. The van der Waals surface area contributed by atoms with E-state index in [-0.39, 0.29) is 40.4 Å². The molecular formula is C33H30F3N3O3S. The number of fused-ring (bicyclic) bond motifs is 2. The highest BCUT2D eigenvalue weighted by Crippen LogP contribution is 2.49. The van der Waals surface area contributed by atoms with Crippen LogP contribution in [0.3, 0.4) is 0 Å². The summed E-state index contributed by atoms with van der Waals surface area (Å²) >= 11 is 1.23. The second kappa shape index (κ2) is 10.7. The van der Waals surface area contributed by atoms with E-state index >= 15 is 8.78 Å². The molecule has 1 aliphatic heterocycles. The number of hydrogen-bond acceptors (Lipinski definition) is 5. The summed E-state index contributed by atoms with van der Waals surface area (Å²) < 4.78 is 57.2. The third-order valence-electron chi connectivity index (χ3n) is 8.96. The van der Waals surface area contributed by atoms with Crippen molar-refractivity contribution in [3.63, 3.8) is 0 Å². The Hall–Kier alpha value is -3.89. The largest absolute Gasteiger partial charge is 0.493 e. The number of nitrogens with zero attached hydrogens (tertiary/aromatic N) is 1. The lowest BCUT2D eigenvalue weighted by atomic mass is 9.74. The number of halogens is 3. The van der Waals surface area contributed by atoms with Gasteiger partial charge in [-0.05, 0) is 56.7 Å². The molecule has 0 amide bonds. The molecule has 7 rings (SSSR count). The van der Waals surface area contributed by atoms with Crippen LogP contribution in [0.1, 0.15) is 55.3 Å². The molecule has 0 saturated heterocycles. The molecule has 3 unspecified atom stereocenters. The number of rotatable bonds is 6. The zero-order valence-electron chi connectivity index (χ0n) is 23.6. The Bertz CT molecular complexity index is 1850. The number of aromatic nitrogens is 3. The molecule has 0 radical (unpaired) electrons. The van der Waals surface area contributed by atoms with Crippen LogP contribution in [-0.2, 0) is 5.41 Å². The van der Waals surface area contributed by atoms with Crippen LogP contribution in [0, 0.1) is 17.5 Å². The number of thioether (sulfide) groups is 1. The fourth-order valence-electron chi connectivity index (χ4n) is 6.59. The zero-order valence-corrected chi connectivity index (χ0v) is 24.5. The molecule has 0 bridgehead atoms. The van der Waals surface area contributed by atoms with Gasteiger partial charge in [-0.1, -0.05) is 24.6 Å². The lowest BCUT2D eigenvalue weighted by Crippen LogP contribution is -2.32. The fraction of sp³-hybridized carbons (Fsp3) is 0.303. The first-order valence-corrected chi connectivity index (χ1v) is 15.5. The first-order chi connectivity index (χ1) is 20.8. The number of aliphatic hydroxyl groups excluding tert-OH is 1. The lowest BCUT2D eigenvalue weighted by molar-refractivity contribution is 0.160. The summed E-state index contributed by atoms with van der Waals surface area (Å²) in [5.41, 5.74) is 2.50. The molecule has 43 heavy (non-hydrogen) atoms. The third kappa shape index (κ3) is 4.50. The quantitative estimate of drug-likeness (QED) is 0.170. The van der Waals surface area contributed by atoms with E-state index in [1.165, 1.54) is 36.2 Å². The van der Waals surface area contributed by atoms with Gasteiger partial charge >= 0.3 is 0 Å². The molecule has 6 nitrogen and oxygen atoms in total. The van der Waals surface area contributed by atoms with Crippen molar-refractivity contribution in [1.82, 2.24) is 15.0 Å². The average Bonchev–Trinajstić information content (AvgIpc) is 3.79. The summed E-state index contributed by atoms with van der Waals surface area (Å²) in [4.78, 5) is 11.0. The molecule has 3 aromatic carbocycles. The number of hydrogen-bond donors (Lipinski definition) is 3. The molecule has 10 heteroatoms. The maximum absolute atomic E-state index is 15.2. The van der Waals surface area contributed by atoms with E-state index in [2.05, 4.69) is 21.9 Å². The van der Waals surface area contributed by atoms with Crippen molar-refractivity contribution in [3.8, 4) is 28.6 Å². The summed E-state index contributed by atoms with van der Waals surface area (Å²) in [7, 11) is 0. The topological polar surface area (TPSA) is 83.2 Å². The third-order valence-corrected chi connectivity index (χ3v) is 9.78. The number of aliphatic hydroxyl groups is 1. The highest BCUT2D eigenvalue weighted by atomic mass is 32.2. The summed E-state index contributed by atoms with van der Waals surface area (Å²) in [5.74, 6) is -1.70. The van der Waals surface area contributed by atoms with E-state index in [1.807, 2.05) is 18.2 Å². The van der Waals surface area contributed by atoms with E-state index in [9.17, 15) is 9.50 Å². The maximum Gasteiger partial charge on any atom is 0.204 e. The lowest BCUT2D eigenvalue weighted by Gasteiger charge is -2.37. The second-order valence-electron chi connectivity index (χ2n) is 11.4. The van der Waals surface area contributed by atoms with Crippen molar-refractivity contribution in [2.24, 2.45) is 0 Å². The first kappa shape index (κ1) is 27.9. The molecule has 3 heterocycles. The van der Waals surface area contributed by atoms with Gasteiger partial charge in [0.1, 0.15) is 23.1 Å². The average molecular weight is 606 g/mol. The highest BCUT2D eigenvalue weighted by molar-refractivity contribution is 7.99. The SMILES string of the molecule is CSc1c(Oc2ccc(F)c(-c3ncc(C4(C)CCOc5c(C6CCCC6O)cccc54)[nH]3)c2)c(F)c(F)c2[nH]ccc12. The molecule has 3 atom stereocenters. The highest BCUT2D eigenvalue weighted by Gasteiger charge is 2.40. The fourth-order valence-corrected chi connectivity index (χ4v) is 7.30. The minimum Gasteiger partial charge on any atom is -0.493 e. The molecule has 1 fully saturated rings. The van der Waals surface area contributed by atoms with Gasteiger partial charge in [-0.25, -0.2) is 13.8 Å². The van der Waals surface area contributed by atoms with E-state index in [1.54, 1.807) is 18.5 Å². The van der Waals surface area contributed by atoms with Crippen molar-refractivity contribution in [3.05, 3.63) is 89.1 Å². The van der Waals surface area contributed by atoms with E-state index in [0.29, 0.717) is 23.3 Å². The predicted molar refractivity (Wildman–Crippen MR) is 160 cm³/mol. The van der Waals surface area contributed by atoms with Crippen molar-refractivity contribution in [2.75, 3.05) is 12.9 Å². The first-order valence-electron chi connectivity index (χ1n) is 14.3. The van der Waals surface area contributed by atoms with Gasteiger partial charge in [0, 0.05) is 45.9 Å². The number of ether oxygens (including phenoxy) is 2. The van der Waals surface area contributed by atoms with Crippen LogP contribution >= 0.6 is 11.8 Å². The molecule has 222 valence electrons. The molecule has 1 aliphatic carbocycles. The number of benzene rings is 3. The Morgan fingerprint density at radius 1 is 1.12 bits per heavy atom. The van der Waals surface area contributed by atoms with Crippen LogP contribution < -0.4 is 9.47 Å². The van der Waals surface area contributed by atoms with Gasteiger partial charge in [-0.2, -0.15) is 4.39 Å². The molecule has 3 N–H and O–H groups in total. The van der Waals surface area contributed by atoms with Gasteiger partial charge in [0.15, 0.2) is 11.6 Å². The number of aromatic amines is 2. The van der Waals surface area contributed by atoms with Gasteiger partial charge in [-0.3, -0.25) is 0 Å². The molecule has 2 aliphatic rings. The summed E-state index contributed by atoms with van der Waals surface area (Å²) in [6.07, 6.45) is 7.95. The predicted octanol–water partition coefficient (Wildman–Crippen LogP) is 8.21. The second-order valence-corrected chi connectivity index (χ2v) is 12.2. The summed E-state index contributed by atoms with van der Waals surface area (Å²) in [6, 6.07) is 11.8. The van der Waals surface area contributed by atoms with E-state index < -0.39 is 22.9 Å². The number of H-pyrrole nitrogens is 2. The van der Waals surface area contributed by atoms with Crippen molar-refractivity contribution < 1.29 is 27.8 Å². The number of para-hydroxylation sites is 1. The Morgan fingerprint density at radius 3 is 2.77 bits per heavy atom. The summed E-state index contributed by atoms with van der Waals surface area (Å²) in [5, 5.41) is 11.1. The Morgan fingerprint density at radius 2 is 1.98 bits per heavy atom. The van der Waals surface area contributed by atoms with Crippen LogP contribution in [0.2, 0.25) is 0 Å². The van der Waals surface area contributed by atoms with Crippen molar-refractivity contribution in [2.45, 2.75) is 54.9 Å². The summed E-state index contributed by atoms with van der Waals surface area (Å²) in [6.45, 7) is 2.59. The van der Waals surface area contributed by atoms with Gasteiger partial charge in [0.2, 0.25) is 5.82 Å². The minimum absolute atomic E-state index is 0.0364. The Balaban J connectivity index is 1.24. The monoisotopic (exact) mass is 605 g/mol. The van der Waals surface area contributed by atoms with Crippen LogP contribution in [0.15, 0.2) is 59.8 Å². The Kier molecular flexibility index (Phi) is 6.93. The number of imidazole rings is 1. The van der Waals surface area contributed by atoms with Gasteiger partial charge in [-0.15, -0.1) is 11.8 Å². The molecule has 5 aromatic rings. The molecule has 0 spiro atoms. The number of nitrogens with one attached hydrogen (secondary N) is 2. The van der Waals surface area contributed by atoms with E-state index in [0.717, 1.165) is 41.8 Å². The van der Waals surface area contributed by atoms with Gasteiger partial charge < -0.3 is 24.5 Å². The molecule has 2 aromatic heterocycles. The van der Waals surface area contributed by atoms with Crippen molar-refractivity contribution >= 4 is 22.7 Å². The van der Waals surface area contributed by atoms with Crippen LogP contribution in [0.25, 0.3) is 22.3 Å².